The third-order valence-electron chi connectivity index (χ3n) is 1.73. The van der Waals surface area contributed by atoms with Crippen molar-refractivity contribution in [3.8, 4) is 5.75 Å². The first-order valence-electron chi connectivity index (χ1n) is 3.97. The Labute approximate surface area is 70.4 Å². The lowest BCUT2D eigenvalue weighted by Gasteiger charge is -2.04. The van der Waals surface area contributed by atoms with Gasteiger partial charge in [0.1, 0.15) is 11.4 Å². The van der Waals surface area contributed by atoms with Crippen LogP contribution in [0.15, 0.2) is 18.3 Å². The molecule has 1 saturated carbocycles. The summed E-state index contributed by atoms with van der Waals surface area (Å²) in [6, 6.07) is 3.54. The number of pyridine rings is 1. The number of aldehydes is 1. The van der Waals surface area contributed by atoms with Gasteiger partial charge in [0.25, 0.3) is 0 Å². The minimum absolute atomic E-state index is 0.313. The zero-order chi connectivity index (χ0) is 8.39. The molecule has 3 heteroatoms. The van der Waals surface area contributed by atoms with Gasteiger partial charge < -0.3 is 4.74 Å². The lowest BCUT2D eigenvalue weighted by Crippen LogP contribution is -2.00. The Kier molecular flexibility index (Phi) is 1.78. The third-order valence-corrected chi connectivity index (χ3v) is 1.73. The van der Waals surface area contributed by atoms with E-state index in [0.717, 1.165) is 19.1 Å². The van der Waals surface area contributed by atoms with Crippen LogP contribution in [0.3, 0.4) is 0 Å². The average molecular weight is 163 g/mol. The van der Waals surface area contributed by atoms with Gasteiger partial charge in [-0.05, 0) is 25.0 Å². The highest BCUT2D eigenvalue weighted by Gasteiger charge is 2.24. The maximum atomic E-state index is 10.5. The van der Waals surface area contributed by atoms with Gasteiger partial charge in [-0.2, -0.15) is 0 Å². The first kappa shape index (κ1) is 7.28. The summed E-state index contributed by atoms with van der Waals surface area (Å²) in [5.74, 6) is 0.606. The highest BCUT2D eigenvalue weighted by molar-refractivity contribution is 5.76. The lowest BCUT2D eigenvalue weighted by atomic mass is 10.3. The fourth-order valence-electron chi connectivity index (χ4n) is 0.956. The third kappa shape index (κ3) is 1.44. The van der Waals surface area contributed by atoms with Crippen molar-refractivity contribution >= 4 is 6.29 Å². The van der Waals surface area contributed by atoms with E-state index in [0.29, 0.717) is 17.5 Å². The number of hydrogen-bond donors (Lipinski definition) is 0. The van der Waals surface area contributed by atoms with E-state index in [-0.39, 0.29) is 0 Å². The molecular formula is C9H9NO2. The molecular weight excluding hydrogens is 154 g/mol. The van der Waals surface area contributed by atoms with Gasteiger partial charge in [0.05, 0.1) is 6.10 Å². The second-order valence-electron chi connectivity index (χ2n) is 2.82. The summed E-state index contributed by atoms with van der Waals surface area (Å²) in [5, 5.41) is 0. The fraction of sp³-hybridized carbons (Fsp3) is 0.333. The van der Waals surface area contributed by atoms with E-state index in [9.17, 15) is 4.79 Å². The average Bonchev–Trinajstić information content (AvgIpc) is 2.89. The Morgan fingerprint density at radius 3 is 3.08 bits per heavy atom. The molecule has 0 amide bonds. The van der Waals surface area contributed by atoms with E-state index in [1.54, 1.807) is 18.3 Å². The number of carbonyl (C=O) groups is 1. The van der Waals surface area contributed by atoms with Crippen LogP contribution in [0, 0.1) is 0 Å². The van der Waals surface area contributed by atoms with Crippen LogP contribution in [-0.2, 0) is 0 Å². The summed E-state index contributed by atoms with van der Waals surface area (Å²) in [5.41, 5.74) is 0.393. The fourth-order valence-corrected chi connectivity index (χ4v) is 0.956. The maximum Gasteiger partial charge on any atom is 0.172 e. The first-order chi connectivity index (χ1) is 5.90. The van der Waals surface area contributed by atoms with Crippen molar-refractivity contribution in [2.24, 2.45) is 0 Å². The van der Waals surface area contributed by atoms with Crippen LogP contribution in [-0.4, -0.2) is 17.4 Å². The normalized spacial score (nSPS) is 15.7. The molecule has 0 aliphatic heterocycles. The molecule has 0 radical (unpaired) electrons. The highest BCUT2D eigenvalue weighted by atomic mass is 16.5. The monoisotopic (exact) mass is 163 g/mol. The van der Waals surface area contributed by atoms with Crippen LogP contribution in [0.2, 0.25) is 0 Å². The van der Waals surface area contributed by atoms with E-state index in [2.05, 4.69) is 4.98 Å². The molecule has 3 nitrogen and oxygen atoms in total. The van der Waals surface area contributed by atoms with E-state index < -0.39 is 0 Å². The van der Waals surface area contributed by atoms with Crippen LogP contribution in [0.5, 0.6) is 5.75 Å². The molecule has 0 saturated heterocycles. The van der Waals surface area contributed by atoms with Gasteiger partial charge >= 0.3 is 0 Å². The Bertz CT molecular complexity index is 294. The first-order valence-corrected chi connectivity index (χ1v) is 3.97. The minimum Gasteiger partial charge on any atom is -0.488 e. The second kappa shape index (κ2) is 2.93. The minimum atomic E-state index is 0.313. The summed E-state index contributed by atoms with van der Waals surface area (Å²) in [6.07, 6.45) is 4.80. The van der Waals surface area contributed by atoms with Crippen molar-refractivity contribution in [2.45, 2.75) is 18.9 Å². The number of aromatic nitrogens is 1. The highest BCUT2D eigenvalue weighted by Crippen LogP contribution is 2.27. The van der Waals surface area contributed by atoms with E-state index in [1.807, 2.05) is 0 Å². The van der Waals surface area contributed by atoms with Gasteiger partial charge in [-0.25, -0.2) is 4.98 Å². The van der Waals surface area contributed by atoms with Crippen molar-refractivity contribution in [3.63, 3.8) is 0 Å². The van der Waals surface area contributed by atoms with E-state index in [4.69, 9.17) is 4.74 Å². The zero-order valence-corrected chi connectivity index (χ0v) is 6.56. The van der Waals surface area contributed by atoms with Gasteiger partial charge in [0.2, 0.25) is 0 Å². The lowest BCUT2D eigenvalue weighted by molar-refractivity contribution is 0.111. The molecule has 62 valence electrons. The summed E-state index contributed by atoms with van der Waals surface area (Å²) < 4.78 is 5.45. The zero-order valence-electron chi connectivity index (χ0n) is 6.56. The predicted molar refractivity (Wildman–Crippen MR) is 43.3 cm³/mol. The molecule has 12 heavy (non-hydrogen) atoms. The Hall–Kier alpha value is -1.38. The molecule has 1 aromatic heterocycles. The van der Waals surface area contributed by atoms with Gasteiger partial charge in [-0.3, -0.25) is 4.79 Å². The molecule has 1 aliphatic carbocycles. The molecule has 0 atom stereocenters. The Balaban J connectivity index is 2.20. The van der Waals surface area contributed by atoms with Crippen molar-refractivity contribution in [1.82, 2.24) is 4.98 Å². The number of rotatable bonds is 3. The van der Waals surface area contributed by atoms with Crippen LogP contribution >= 0.6 is 0 Å². The van der Waals surface area contributed by atoms with Gasteiger partial charge in [0, 0.05) is 6.20 Å². The Morgan fingerprint density at radius 2 is 2.42 bits per heavy atom. The van der Waals surface area contributed by atoms with Crippen LogP contribution in [0.4, 0.5) is 0 Å². The van der Waals surface area contributed by atoms with Crippen molar-refractivity contribution in [2.75, 3.05) is 0 Å². The smallest absolute Gasteiger partial charge is 0.172 e. The van der Waals surface area contributed by atoms with E-state index >= 15 is 0 Å². The van der Waals surface area contributed by atoms with Crippen molar-refractivity contribution in [3.05, 3.63) is 24.0 Å². The van der Waals surface area contributed by atoms with Crippen LogP contribution < -0.4 is 4.74 Å². The molecule has 1 aromatic rings. The quantitative estimate of drug-likeness (QED) is 0.633. The van der Waals surface area contributed by atoms with Crippen LogP contribution in [0.25, 0.3) is 0 Å². The van der Waals surface area contributed by atoms with E-state index in [1.165, 1.54) is 0 Å². The Morgan fingerprint density at radius 1 is 1.58 bits per heavy atom. The number of nitrogens with zero attached hydrogens (tertiary/aromatic N) is 1. The predicted octanol–water partition coefficient (Wildman–Crippen LogP) is 1.44. The standard InChI is InChI=1S/C9H9NO2/c11-6-8-9(2-1-5-10-8)12-7-3-4-7/h1-2,5-7H,3-4H2. The molecule has 1 aliphatic rings. The molecule has 1 fully saturated rings. The molecule has 0 N–H and O–H groups in total. The summed E-state index contributed by atoms with van der Waals surface area (Å²) in [4.78, 5) is 14.4. The summed E-state index contributed by atoms with van der Waals surface area (Å²) >= 11 is 0. The molecule has 0 unspecified atom stereocenters. The number of hydrogen-bond acceptors (Lipinski definition) is 3. The molecule has 0 aromatic carbocycles. The number of ether oxygens (including phenoxy) is 1. The molecule has 0 spiro atoms. The van der Waals surface area contributed by atoms with Gasteiger partial charge in [0.15, 0.2) is 6.29 Å². The van der Waals surface area contributed by atoms with Crippen LogP contribution in [0.1, 0.15) is 23.3 Å². The molecule has 0 bridgehead atoms. The molecule has 1 heterocycles. The van der Waals surface area contributed by atoms with Crippen molar-refractivity contribution < 1.29 is 9.53 Å². The largest absolute Gasteiger partial charge is 0.488 e. The topological polar surface area (TPSA) is 39.2 Å². The van der Waals surface area contributed by atoms with Gasteiger partial charge in [-0.15, -0.1) is 0 Å². The summed E-state index contributed by atoms with van der Waals surface area (Å²) in [7, 11) is 0. The second-order valence-corrected chi connectivity index (χ2v) is 2.82. The maximum absolute atomic E-state index is 10.5. The number of carbonyl (C=O) groups excluding carboxylic acids is 1. The molecule has 2 rings (SSSR count). The SMILES string of the molecule is O=Cc1ncccc1OC1CC1. The van der Waals surface area contributed by atoms with Crippen molar-refractivity contribution in [1.29, 1.82) is 0 Å². The van der Waals surface area contributed by atoms with Gasteiger partial charge in [-0.1, -0.05) is 0 Å². The summed E-state index contributed by atoms with van der Waals surface area (Å²) in [6.45, 7) is 0.